The van der Waals surface area contributed by atoms with Crippen LogP contribution in [0.1, 0.15) is 27.7 Å². The van der Waals surface area contributed by atoms with E-state index in [1.54, 1.807) is 11.3 Å². The van der Waals surface area contributed by atoms with Gasteiger partial charge in [-0.15, -0.1) is 11.3 Å². The van der Waals surface area contributed by atoms with Gasteiger partial charge in [0.05, 0.1) is 10.3 Å². The van der Waals surface area contributed by atoms with Crippen LogP contribution in [0.2, 0.25) is 0 Å². The van der Waals surface area contributed by atoms with E-state index in [0.717, 1.165) is 14.7 Å². The highest BCUT2D eigenvalue weighted by atomic mass is 79.9. The summed E-state index contributed by atoms with van der Waals surface area (Å²) in [5, 5.41) is 0.808. The van der Waals surface area contributed by atoms with Gasteiger partial charge in [0.25, 0.3) is 5.91 Å². The Balaban J connectivity index is 2.11. The highest BCUT2D eigenvalue weighted by Gasteiger charge is 2.15. The smallest absolute Gasteiger partial charge is 0.254 e. The lowest BCUT2D eigenvalue weighted by molar-refractivity contribution is 0.0754. The Kier molecular flexibility index (Phi) is 5.81. The number of rotatable bonds is 5. The summed E-state index contributed by atoms with van der Waals surface area (Å²) in [4.78, 5) is 15.5. The molecular weight excluding hydrogens is 402 g/mol. The minimum absolute atomic E-state index is 0.0816. The molecule has 0 aliphatic rings. The average molecular weight is 417 g/mol. The fourth-order valence-corrected chi connectivity index (χ4v) is 3.74. The number of alkyl halides is 1. The molecule has 0 unspecified atom stereocenters. The van der Waals surface area contributed by atoms with Gasteiger partial charge >= 0.3 is 0 Å². The Morgan fingerprint density at radius 1 is 1.20 bits per heavy atom. The monoisotopic (exact) mass is 415 g/mol. The molecule has 106 valence electrons. The number of hydrogen-bond acceptors (Lipinski definition) is 2. The zero-order valence-corrected chi connectivity index (χ0v) is 15.1. The number of benzene rings is 1. The molecule has 1 aromatic heterocycles. The Hall–Kier alpha value is -0.650. The van der Waals surface area contributed by atoms with Gasteiger partial charge in [-0.25, -0.2) is 0 Å². The zero-order valence-electron chi connectivity index (χ0n) is 11.1. The normalized spacial score (nSPS) is 10.6. The van der Waals surface area contributed by atoms with E-state index in [1.165, 1.54) is 10.4 Å². The van der Waals surface area contributed by atoms with Gasteiger partial charge in [-0.05, 0) is 52.7 Å². The molecular formula is C15H15Br2NOS. The number of amides is 1. The van der Waals surface area contributed by atoms with Gasteiger partial charge in [0.1, 0.15) is 0 Å². The van der Waals surface area contributed by atoms with Crippen molar-refractivity contribution in [2.24, 2.45) is 0 Å². The van der Waals surface area contributed by atoms with Crippen molar-refractivity contribution in [1.82, 2.24) is 4.90 Å². The van der Waals surface area contributed by atoms with E-state index in [9.17, 15) is 4.79 Å². The van der Waals surface area contributed by atoms with Gasteiger partial charge in [-0.1, -0.05) is 28.1 Å². The molecule has 5 heteroatoms. The maximum atomic E-state index is 12.5. The second-order valence-corrected chi connectivity index (χ2v) is 7.46. The maximum absolute atomic E-state index is 12.5. The lowest BCUT2D eigenvalue weighted by Gasteiger charge is -2.20. The molecule has 2 aromatic rings. The summed E-state index contributed by atoms with van der Waals surface area (Å²) in [6, 6.07) is 11.8. The van der Waals surface area contributed by atoms with Crippen molar-refractivity contribution < 1.29 is 4.79 Å². The number of carbonyl (C=O) groups excluding carboxylic acids is 1. The van der Waals surface area contributed by atoms with Crippen molar-refractivity contribution in [3.05, 3.63) is 56.2 Å². The second-order valence-electron chi connectivity index (χ2n) is 4.36. The number of carbonyl (C=O) groups is 1. The molecule has 1 aromatic carbocycles. The third-order valence-electron chi connectivity index (χ3n) is 3.00. The van der Waals surface area contributed by atoms with Gasteiger partial charge in [-0.3, -0.25) is 4.79 Å². The van der Waals surface area contributed by atoms with Gasteiger partial charge in [0.2, 0.25) is 0 Å². The first kappa shape index (κ1) is 15.7. The van der Waals surface area contributed by atoms with Gasteiger partial charge < -0.3 is 4.90 Å². The molecule has 1 heterocycles. The number of nitrogens with zero attached hydrogens (tertiary/aromatic N) is 1. The zero-order chi connectivity index (χ0) is 14.5. The molecule has 0 aliphatic carbocycles. The third-order valence-corrected chi connectivity index (χ3v) is 5.26. The van der Waals surface area contributed by atoms with Gasteiger partial charge in [0, 0.05) is 22.3 Å². The summed E-state index contributed by atoms with van der Waals surface area (Å²) >= 11 is 8.53. The summed E-state index contributed by atoms with van der Waals surface area (Å²) in [5.74, 6) is 0.0816. The van der Waals surface area contributed by atoms with E-state index < -0.39 is 0 Å². The molecule has 2 nitrogen and oxygen atoms in total. The molecule has 0 N–H and O–H groups in total. The molecule has 0 fully saturated rings. The topological polar surface area (TPSA) is 20.3 Å². The molecule has 0 atom stereocenters. The van der Waals surface area contributed by atoms with E-state index in [2.05, 4.69) is 37.9 Å². The van der Waals surface area contributed by atoms with Crippen molar-refractivity contribution >= 4 is 49.1 Å². The molecule has 0 radical (unpaired) electrons. The maximum Gasteiger partial charge on any atom is 0.254 e. The van der Waals surface area contributed by atoms with Crippen molar-refractivity contribution in [1.29, 1.82) is 0 Å². The Morgan fingerprint density at radius 3 is 2.40 bits per heavy atom. The minimum Gasteiger partial charge on any atom is -0.334 e. The predicted octanol–water partition coefficient (Wildman–Crippen LogP) is 5.07. The quantitative estimate of drug-likeness (QED) is 0.623. The van der Waals surface area contributed by atoms with Gasteiger partial charge in [0.15, 0.2) is 0 Å². The van der Waals surface area contributed by atoms with Crippen LogP contribution in [-0.4, -0.2) is 17.4 Å². The van der Waals surface area contributed by atoms with E-state index in [1.807, 2.05) is 42.2 Å². The molecule has 0 spiro atoms. The molecule has 0 saturated heterocycles. The molecule has 1 amide bonds. The number of thiophene rings is 1. The van der Waals surface area contributed by atoms with Crippen LogP contribution in [0.5, 0.6) is 0 Å². The average Bonchev–Trinajstić information content (AvgIpc) is 2.89. The van der Waals surface area contributed by atoms with E-state index in [-0.39, 0.29) is 5.91 Å². The van der Waals surface area contributed by atoms with Crippen molar-refractivity contribution in [3.8, 4) is 0 Å². The molecule has 0 aliphatic heterocycles. The van der Waals surface area contributed by atoms with Crippen LogP contribution in [0.3, 0.4) is 0 Å². The first-order valence-corrected chi connectivity index (χ1v) is 9.05. The first-order valence-electron chi connectivity index (χ1n) is 6.32. The molecule has 0 saturated carbocycles. The van der Waals surface area contributed by atoms with Crippen molar-refractivity contribution in [3.63, 3.8) is 0 Å². The predicted molar refractivity (Wildman–Crippen MR) is 91.5 cm³/mol. The van der Waals surface area contributed by atoms with Crippen LogP contribution < -0.4 is 0 Å². The molecule has 2 rings (SSSR count). The molecule has 20 heavy (non-hydrogen) atoms. The third kappa shape index (κ3) is 3.93. The van der Waals surface area contributed by atoms with Crippen LogP contribution in [-0.2, 0) is 11.9 Å². The highest BCUT2D eigenvalue weighted by Crippen LogP contribution is 2.23. The van der Waals surface area contributed by atoms with Crippen LogP contribution in [0, 0.1) is 0 Å². The summed E-state index contributed by atoms with van der Waals surface area (Å²) in [5.41, 5.74) is 1.92. The van der Waals surface area contributed by atoms with Crippen LogP contribution >= 0.6 is 43.2 Å². The minimum atomic E-state index is 0.0816. The fraction of sp³-hybridized carbons (Fsp3) is 0.267. The Morgan fingerprint density at radius 2 is 1.90 bits per heavy atom. The first-order chi connectivity index (χ1) is 9.63. The number of halogens is 2. The van der Waals surface area contributed by atoms with Crippen LogP contribution in [0.4, 0.5) is 0 Å². The Labute approximate surface area is 140 Å². The number of hydrogen-bond donors (Lipinski definition) is 0. The highest BCUT2D eigenvalue weighted by molar-refractivity contribution is 9.11. The Bertz CT molecular complexity index is 580. The van der Waals surface area contributed by atoms with Crippen molar-refractivity contribution in [2.75, 3.05) is 6.54 Å². The largest absolute Gasteiger partial charge is 0.334 e. The molecule has 0 bridgehead atoms. The van der Waals surface area contributed by atoms with Crippen LogP contribution in [0.15, 0.2) is 40.2 Å². The van der Waals surface area contributed by atoms with Crippen LogP contribution in [0.25, 0.3) is 0 Å². The van der Waals surface area contributed by atoms with E-state index in [0.29, 0.717) is 13.1 Å². The SMILES string of the molecule is CCN(Cc1ccc(Br)s1)C(=O)c1ccc(CBr)cc1. The van der Waals surface area contributed by atoms with Gasteiger partial charge in [-0.2, -0.15) is 0 Å². The van der Waals surface area contributed by atoms with Crippen molar-refractivity contribution in [2.45, 2.75) is 18.8 Å². The summed E-state index contributed by atoms with van der Waals surface area (Å²) in [7, 11) is 0. The standard InChI is InChI=1S/C15H15Br2NOS/c1-2-18(10-13-7-8-14(17)20-13)15(19)12-5-3-11(9-16)4-6-12/h3-8H,2,9-10H2,1H3. The summed E-state index contributed by atoms with van der Waals surface area (Å²) in [6.45, 7) is 3.37. The second kappa shape index (κ2) is 7.38. The summed E-state index contributed by atoms with van der Waals surface area (Å²) in [6.07, 6.45) is 0. The summed E-state index contributed by atoms with van der Waals surface area (Å²) < 4.78 is 1.10. The fourth-order valence-electron chi connectivity index (χ4n) is 1.87. The van der Waals surface area contributed by atoms with E-state index in [4.69, 9.17) is 0 Å². The van der Waals surface area contributed by atoms with E-state index >= 15 is 0 Å². The lowest BCUT2D eigenvalue weighted by atomic mass is 10.1. The lowest BCUT2D eigenvalue weighted by Crippen LogP contribution is -2.29.